The highest BCUT2D eigenvalue weighted by atomic mass is 31.3. The largest absolute Gasteiger partial charge is 0.490 e. The number of fused-ring (bicyclic) bond motifs is 1. The van der Waals surface area contributed by atoms with Crippen LogP contribution in [0.4, 0.5) is 5.82 Å². The first-order chi connectivity index (χ1) is 15.2. The van der Waals surface area contributed by atoms with E-state index in [2.05, 4.69) is 23.2 Å². The van der Waals surface area contributed by atoms with Crippen molar-refractivity contribution in [1.29, 1.82) is 0 Å². The van der Waals surface area contributed by atoms with Crippen LogP contribution in [0.1, 0.15) is 12.6 Å². The first-order valence-corrected chi connectivity index (χ1v) is 13.4. The van der Waals surface area contributed by atoms with Gasteiger partial charge in [0.05, 0.1) is 25.0 Å². The number of aromatic nitrogens is 3. The molecule has 3 heterocycles. The fourth-order valence-electron chi connectivity index (χ4n) is 3.51. The average Bonchev–Trinajstić information content (AvgIpc) is 3.22. The zero-order valence-corrected chi connectivity index (χ0v) is 19.4. The molecule has 0 saturated carbocycles. The molecule has 1 aliphatic rings. The van der Waals surface area contributed by atoms with Crippen LogP contribution >= 0.6 is 23.5 Å². The maximum absolute atomic E-state index is 12.0. The van der Waals surface area contributed by atoms with E-state index in [1.54, 1.807) is 25.0 Å². The minimum Gasteiger partial charge on any atom is -0.382 e. The number of rotatable bonds is 9. The zero-order valence-electron chi connectivity index (χ0n) is 16.7. The third-order valence-electron chi connectivity index (χ3n) is 4.87. The summed E-state index contributed by atoms with van der Waals surface area (Å²) in [6.07, 6.45) is 1.33. The van der Waals surface area contributed by atoms with E-state index in [9.17, 15) is 28.3 Å². The summed E-state index contributed by atoms with van der Waals surface area (Å²) in [5.74, 6) is 1.08. The molecule has 0 spiro atoms. The summed E-state index contributed by atoms with van der Waals surface area (Å²) in [4.78, 5) is 51.1. The SMILES string of the molecule is CC1(c2ccc3c(N)ncnn23)COC(COP(=O)(O)OP(=O)(O)OP(=O)(O)O)C1C=C=O. The molecule has 0 aliphatic carbocycles. The van der Waals surface area contributed by atoms with Crippen molar-refractivity contribution < 1.29 is 55.9 Å². The molecule has 16 nitrogen and oxygen atoms in total. The van der Waals surface area contributed by atoms with Gasteiger partial charge in [0.1, 0.15) is 17.8 Å². The summed E-state index contributed by atoms with van der Waals surface area (Å²) >= 11 is 0. The van der Waals surface area contributed by atoms with Crippen molar-refractivity contribution in [2.45, 2.75) is 18.4 Å². The minimum absolute atomic E-state index is 0.00368. The predicted octanol–water partition coefficient (Wildman–Crippen LogP) is 0.315. The second kappa shape index (κ2) is 9.12. The van der Waals surface area contributed by atoms with Crippen LogP contribution in [0, 0.1) is 5.92 Å². The van der Waals surface area contributed by atoms with Crippen LogP contribution in [-0.2, 0) is 41.8 Å². The van der Waals surface area contributed by atoms with Crippen molar-refractivity contribution in [2.24, 2.45) is 5.92 Å². The molecule has 1 fully saturated rings. The Bertz CT molecular complexity index is 1240. The van der Waals surface area contributed by atoms with Crippen molar-refractivity contribution >= 4 is 40.7 Å². The third-order valence-corrected chi connectivity index (χ3v) is 8.67. The van der Waals surface area contributed by atoms with Crippen molar-refractivity contribution in [3.8, 4) is 0 Å². The van der Waals surface area contributed by atoms with Crippen molar-refractivity contribution in [3.63, 3.8) is 0 Å². The van der Waals surface area contributed by atoms with E-state index in [0.29, 0.717) is 11.2 Å². The van der Waals surface area contributed by atoms with Crippen LogP contribution in [0.15, 0.2) is 24.5 Å². The number of ether oxygens (including phenoxy) is 1. The molecule has 33 heavy (non-hydrogen) atoms. The zero-order chi connectivity index (χ0) is 24.7. The number of phosphoric acid groups is 3. The van der Waals surface area contributed by atoms with E-state index in [-0.39, 0.29) is 12.4 Å². The van der Waals surface area contributed by atoms with Gasteiger partial charge in [0.2, 0.25) is 0 Å². The van der Waals surface area contributed by atoms with Gasteiger partial charge in [0.25, 0.3) is 0 Å². The third kappa shape index (κ3) is 5.84. The Kier molecular flexibility index (Phi) is 7.15. The fraction of sp³-hybridized carbons (Fsp3) is 0.429. The predicted molar refractivity (Wildman–Crippen MR) is 108 cm³/mol. The summed E-state index contributed by atoms with van der Waals surface area (Å²) in [6, 6.07) is 3.36. The van der Waals surface area contributed by atoms with E-state index in [1.165, 1.54) is 10.8 Å². The van der Waals surface area contributed by atoms with Crippen LogP contribution in [0.3, 0.4) is 0 Å². The average molecular weight is 528 g/mol. The number of hydrogen-bond acceptors (Lipinski definition) is 11. The van der Waals surface area contributed by atoms with Crippen LogP contribution < -0.4 is 5.73 Å². The quantitative estimate of drug-likeness (QED) is 0.217. The van der Waals surface area contributed by atoms with Crippen LogP contribution in [-0.4, -0.2) is 59.4 Å². The van der Waals surface area contributed by atoms with Gasteiger partial charge in [-0.3, -0.25) is 4.52 Å². The van der Waals surface area contributed by atoms with E-state index < -0.39 is 47.5 Å². The maximum Gasteiger partial charge on any atom is 0.490 e. The van der Waals surface area contributed by atoms with E-state index in [0.717, 1.165) is 6.08 Å². The lowest BCUT2D eigenvalue weighted by Gasteiger charge is -2.28. The summed E-state index contributed by atoms with van der Waals surface area (Å²) in [7, 11) is -16.5. The van der Waals surface area contributed by atoms with Gasteiger partial charge in [-0.1, -0.05) is 6.92 Å². The molecule has 0 bridgehead atoms. The number of nitrogens with zero attached hydrogens (tertiary/aromatic N) is 3. The Morgan fingerprint density at radius 2 is 1.97 bits per heavy atom. The minimum atomic E-state index is -5.66. The van der Waals surface area contributed by atoms with Gasteiger partial charge in [-0.25, -0.2) is 28.0 Å². The number of nitrogens with two attached hydrogens (primary N) is 1. The van der Waals surface area contributed by atoms with Crippen LogP contribution in [0.5, 0.6) is 0 Å². The second-order valence-corrected chi connectivity index (χ2v) is 11.5. The van der Waals surface area contributed by atoms with Crippen molar-refractivity contribution in [2.75, 3.05) is 18.9 Å². The molecule has 1 saturated heterocycles. The van der Waals surface area contributed by atoms with Gasteiger partial charge in [-0.05, 0) is 12.1 Å². The van der Waals surface area contributed by atoms with Gasteiger partial charge in [0.15, 0.2) is 5.82 Å². The number of phosphoric ester groups is 1. The van der Waals surface area contributed by atoms with Gasteiger partial charge in [-0.15, -0.1) is 0 Å². The summed E-state index contributed by atoms with van der Waals surface area (Å²) < 4.78 is 53.3. The summed E-state index contributed by atoms with van der Waals surface area (Å²) in [5.41, 5.74) is 6.00. The molecule has 2 aromatic heterocycles. The monoisotopic (exact) mass is 528 g/mol. The molecule has 6 N–H and O–H groups in total. The Balaban J connectivity index is 1.80. The summed E-state index contributed by atoms with van der Waals surface area (Å²) in [5, 5.41) is 4.15. The lowest BCUT2D eigenvalue weighted by molar-refractivity contribution is 0.0433. The topological polar surface area (TPSA) is 242 Å². The Hall–Kier alpha value is -1.76. The highest BCUT2D eigenvalue weighted by Crippen LogP contribution is 2.66. The van der Waals surface area contributed by atoms with Gasteiger partial charge in [0, 0.05) is 17.4 Å². The van der Waals surface area contributed by atoms with Gasteiger partial charge >= 0.3 is 23.5 Å². The lowest BCUT2D eigenvalue weighted by Crippen LogP contribution is -2.35. The molecule has 19 heteroatoms. The van der Waals surface area contributed by atoms with Gasteiger partial charge < -0.3 is 30.0 Å². The molecule has 0 radical (unpaired) electrons. The Labute approximate surface area is 185 Å². The molecule has 5 unspecified atom stereocenters. The first-order valence-electron chi connectivity index (χ1n) is 8.87. The Morgan fingerprint density at radius 1 is 1.27 bits per heavy atom. The van der Waals surface area contributed by atoms with Crippen molar-refractivity contribution in [3.05, 3.63) is 30.2 Å². The van der Waals surface area contributed by atoms with E-state index in [4.69, 9.17) is 20.3 Å². The van der Waals surface area contributed by atoms with E-state index >= 15 is 0 Å². The lowest BCUT2D eigenvalue weighted by atomic mass is 9.74. The molecule has 0 aromatic carbocycles. The van der Waals surface area contributed by atoms with Crippen LogP contribution in [0.25, 0.3) is 5.52 Å². The van der Waals surface area contributed by atoms with Crippen LogP contribution in [0.2, 0.25) is 0 Å². The summed E-state index contributed by atoms with van der Waals surface area (Å²) in [6.45, 7) is 1.01. The molecule has 0 amide bonds. The second-order valence-electron chi connectivity index (χ2n) is 7.12. The fourth-order valence-corrected chi connectivity index (χ4v) is 6.54. The van der Waals surface area contributed by atoms with Crippen molar-refractivity contribution in [1.82, 2.24) is 14.6 Å². The first kappa shape index (κ1) is 25.9. The molecule has 3 rings (SSSR count). The molecule has 5 atom stereocenters. The maximum atomic E-state index is 12.0. The standard InChI is InChI=1S/C14H19N4O12P3/c1-14(12-3-2-10-13(15)16-8-17-18(10)12)7-27-11(9(14)4-5-19)6-28-32(23,24)30-33(25,26)29-31(20,21)22/h2-4,8-9,11H,6-7H2,1H3,(H,23,24)(H,25,26)(H2,15,16,17)(H2,20,21,22). The molecular weight excluding hydrogens is 509 g/mol. The molecule has 1 aliphatic heterocycles. The molecular formula is C14H19N4O12P3. The highest BCUT2D eigenvalue weighted by molar-refractivity contribution is 7.66. The Morgan fingerprint density at radius 3 is 2.61 bits per heavy atom. The molecule has 182 valence electrons. The number of carbonyl (C=O) groups excluding carboxylic acids is 1. The number of nitrogen functional groups attached to an aromatic ring is 1. The normalized spacial score (nSPS) is 27.1. The number of hydrogen-bond donors (Lipinski definition) is 5. The smallest absolute Gasteiger partial charge is 0.382 e. The number of anilines is 1. The van der Waals surface area contributed by atoms with Gasteiger partial charge in [-0.2, -0.15) is 13.7 Å². The highest BCUT2D eigenvalue weighted by Gasteiger charge is 2.49. The van der Waals surface area contributed by atoms with E-state index in [1.807, 2.05) is 0 Å². The molecule has 2 aromatic rings.